The molecule has 2 aromatic rings. The van der Waals surface area contributed by atoms with Crippen molar-refractivity contribution in [1.29, 1.82) is 0 Å². The molecule has 122 valence electrons. The van der Waals surface area contributed by atoms with Gasteiger partial charge in [-0.15, -0.1) is 0 Å². The normalized spacial score (nSPS) is 11.2. The van der Waals surface area contributed by atoms with Crippen LogP contribution >= 0.6 is 44.1 Å². The monoisotopic (exact) mass is 468 g/mol. The summed E-state index contributed by atoms with van der Waals surface area (Å²) in [6, 6.07) is 7.75. The Balaban J connectivity index is 2.05. The first kappa shape index (κ1) is 18.0. The summed E-state index contributed by atoms with van der Waals surface area (Å²) in [5.74, 6) is 0.0529. The SMILES string of the molecule is Oc1c(Br)cc(NC(=S)Nc2ccc(C(F)(F)F)cc2)cc1Br. The number of phenols is 1. The predicted molar refractivity (Wildman–Crippen MR) is 94.8 cm³/mol. The minimum atomic E-state index is -4.37. The zero-order chi connectivity index (χ0) is 17.2. The molecule has 2 aromatic carbocycles. The van der Waals surface area contributed by atoms with E-state index in [9.17, 15) is 18.3 Å². The summed E-state index contributed by atoms with van der Waals surface area (Å²) in [5.41, 5.74) is 0.284. The van der Waals surface area contributed by atoms with Gasteiger partial charge in [0.1, 0.15) is 5.75 Å². The highest BCUT2D eigenvalue weighted by atomic mass is 79.9. The Morgan fingerprint density at radius 1 is 0.957 bits per heavy atom. The van der Waals surface area contributed by atoms with Gasteiger partial charge in [-0.05, 0) is 80.5 Å². The lowest BCUT2D eigenvalue weighted by molar-refractivity contribution is -0.137. The summed E-state index contributed by atoms with van der Waals surface area (Å²) in [7, 11) is 0. The Bertz CT molecular complexity index is 713. The van der Waals surface area contributed by atoms with E-state index < -0.39 is 11.7 Å². The van der Waals surface area contributed by atoms with Gasteiger partial charge in [0.05, 0.1) is 14.5 Å². The highest BCUT2D eigenvalue weighted by molar-refractivity contribution is 9.11. The average Bonchev–Trinajstić information content (AvgIpc) is 2.44. The third-order valence-electron chi connectivity index (χ3n) is 2.74. The van der Waals surface area contributed by atoms with Gasteiger partial charge in [-0.25, -0.2) is 0 Å². The van der Waals surface area contributed by atoms with E-state index >= 15 is 0 Å². The minimum Gasteiger partial charge on any atom is -0.506 e. The highest BCUT2D eigenvalue weighted by Gasteiger charge is 2.29. The first-order valence-electron chi connectivity index (χ1n) is 6.10. The molecule has 0 atom stereocenters. The number of rotatable bonds is 2. The van der Waals surface area contributed by atoms with E-state index in [1.807, 2.05) is 0 Å². The van der Waals surface area contributed by atoms with Gasteiger partial charge in [0, 0.05) is 11.4 Å². The zero-order valence-corrected chi connectivity index (χ0v) is 15.2. The topological polar surface area (TPSA) is 44.3 Å². The van der Waals surface area contributed by atoms with Crippen LogP contribution in [0.25, 0.3) is 0 Å². The van der Waals surface area contributed by atoms with Crippen molar-refractivity contribution in [3.05, 3.63) is 50.9 Å². The van der Waals surface area contributed by atoms with Crippen LogP contribution in [-0.4, -0.2) is 10.2 Å². The molecule has 0 amide bonds. The summed E-state index contributed by atoms with van der Waals surface area (Å²) >= 11 is 11.5. The number of hydrogen-bond acceptors (Lipinski definition) is 2. The molecule has 2 rings (SSSR count). The van der Waals surface area contributed by atoms with Gasteiger partial charge in [-0.1, -0.05) is 0 Å². The molecule has 0 aliphatic rings. The summed E-state index contributed by atoms with van der Waals surface area (Å²) < 4.78 is 38.4. The van der Waals surface area contributed by atoms with E-state index in [0.29, 0.717) is 20.3 Å². The van der Waals surface area contributed by atoms with Crippen molar-refractivity contribution in [1.82, 2.24) is 0 Å². The lowest BCUT2D eigenvalue weighted by Gasteiger charge is -2.13. The van der Waals surface area contributed by atoms with Gasteiger partial charge in [-0.3, -0.25) is 0 Å². The van der Waals surface area contributed by atoms with Crippen molar-refractivity contribution in [2.75, 3.05) is 10.6 Å². The smallest absolute Gasteiger partial charge is 0.416 e. The quantitative estimate of drug-likeness (QED) is 0.387. The number of aromatic hydroxyl groups is 1. The second-order valence-corrected chi connectivity index (χ2v) is 6.56. The lowest BCUT2D eigenvalue weighted by atomic mass is 10.2. The van der Waals surface area contributed by atoms with Gasteiger partial charge in [-0.2, -0.15) is 13.2 Å². The van der Waals surface area contributed by atoms with Gasteiger partial charge in [0.15, 0.2) is 5.11 Å². The van der Waals surface area contributed by atoms with Crippen molar-refractivity contribution in [2.45, 2.75) is 6.18 Å². The molecule has 3 nitrogen and oxygen atoms in total. The molecule has 3 N–H and O–H groups in total. The standard InChI is InChI=1S/C14H9Br2F3N2OS/c15-10-5-9(6-11(16)12(10)22)21-13(23)20-8-3-1-7(2-4-8)14(17,18)19/h1-6,22H,(H2,20,21,23). The number of hydrogen-bond donors (Lipinski definition) is 3. The van der Waals surface area contributed by atoms with Crippen molar-refractivity contribution < 1.29 is 18.3 Å². The molecule has 0 unspecified atom stereocenters. The van der Waals surface area contributed by atoms with E-state index in [1.54, 1.807) is 12.1 Å². The van der Waals surface area contributed by atoms with E-state index in [0.717, 1.165) is 12.1 Å². The number of alkyl halides is 3. The Morgan fingerprint density at radius 2 is 1.43 bits per heavy atom. The number of nitrogens with one attached hydrogen (secondary N) is 2. The summed E-state index contributed by atoms with van der Waals surface area (Å²) in [6.45, 7) is 0. The van der Waals surface area contributed by atoms with Crippen molar-refractivity contribution in [3.8, 4) is 5.75 Å². The molecule has 23 heavy (non-hydrogen) atoms. The molecule has 0 radical (unpaired) electrons. The fraction of sp³-hybridized carbons (Fsp3) is 0.0714. The maximum Gasteiger partial charge on any atom is 0.416 e. The van der Waals surface area contributed by atoms with Gasteiger partial charge >= 0.3 is 6.18 Å². The highest BCUT2D eigenvalue weighted by Crippen LogP contribution is 2.35. The number of halogens is 5. The summed E-state index contributed by atoms with van der Waals surface area (Å²) in [5, 5.41) is 15.5. The van der Waals surface area contributed by atoms with Gasteiger partial charge < -0.3 is 15.7 Å². The Morgan fingerprint density at radius 3 is 1.91 bits per heavy atom. The maximum absolute atomic E-state index is 12.5. The van der Waals surface area contributed by atoms with E-state index in [2.05, 4.69) is 42.5 Å². The van der Waals surface area contributed by atoms with Crippen LogP contribution in [0, 0.1) is 0 Å². The fourth-order valence-electron chi connectivity index (χ4n) is 1.67. The molecule has 0 aromatic heterocycles. The van der Waals surface area contributed by atoms with E-state index in [4.69, 9.17) is 12.2 Å². The predicted octanol–water partition coefficient (Wildman–Crippen LogP) is 5.74. The van der Waals surface area contributed by atoms with Crippen LogP contribution < -0.4 is 10.6 Å². The second-order valence-electron chi connectivity index (χ2n) is 4.44. The van der Waals surface area contributed by atoms with E-state index in [1.165, 1.54) is 12.1 Å². The minimum absolute atomic E-state index is 0.0529. The van der Waals surface area contributed by atoms with Crippen LogP contribution in [0.3, 0.4) is 0 Å². The summed E-state index contributed by atoms with van der Waals surface area (Å²) in [6.07, 6.45) is -4.37. The van der Waals surface area contributed by atoms with Crippen LogP contribution in [0.2, 0.25) is 0 Å². The van der Waals surface area contributed by atoms with Crippen LogP contribution in [-0.2, 0) is 6.18 Å². The fourth-order valence-corrected chi connectivity index (χ4v) is 3.10. The van der Waals surface area contributed by atoms with Crippen LogP contribution in [0.5, 0.6) is 5.75 Å². The molecule has 0 spiro atoms. The Kier molecular flexibility index (Phi) is 5.53. The molecule has 0 heterocycles. The van der Waals surface area contributed by atoms with Crippen molar-refractivity contribution >= 4 is 60.6 Å². The van der Waals surface area contributed by atoms with E-state index in [-0.39, 0.29) is 10.9 Å². The van der Waals surface area contributed by atoms with Crippen molar-refractivity contribution in [3.63, 3.8) is 0 Å². The van der Waals surface area contributed by atoms with Crippen molar-refractivity contribution in [2.24, 2.45) is 0 Å². The molecule has 0 fully saturated rings. The van der Waals surface area contributed by atoms with Crippen LogP contribution in [0.1, 0.15) is 5.56 Å². The molecular formula is C14H9Br2F3N2OS. The molecule has 0 aliphatic carbocycles. The molecule has 9 heteroatoms. The van der Waals surface area contributed by atoms with Crippen LogP contribution in [0.4, 0.5) is 24.5 Å². The molecular weight excluding hydrogens is 461 g/mol. The Hall–Kier alpha value is -1.32. The number of thiocarbonyl (C=S) groups is 1. The van der Waals surface area contributed by atoms with Crippen LogP contribution in [0.15, 0.2) is 45.3 Å². The third kappa shape index (κ3) is 4.82. The third-order valence-corrected chi connectivity index (χ3v) is 4.16. The first-order valence-corrected chi connectivity index (χ1v) is 8.09. The second kappa shape index (κ2) is 7.06. The Labute approximate surface area is 152 Å². The maximum atomic E-state index is 12.5. The zero-order valence-electron chi connectivity index (χ0n) is 11.2. The number of phenolic OH excluding ortho intramolecular Hbond substituents is 1. The lowest BCUT2D eigenvalue weighted by Crippen LogP contribution is -2.19. The first-order chi connectivity index (χ1) is 10.7. The number of anilines is 2. The van der Waals surface area contributed by atoms with Gasteiger partial charge in [0.25, 0.3) is 0 Å². The average molecular weight is 470 g/mol. The summed E-state index contributed by atoms with van der Waals surface area (Å²) in [4.78, 5) is 0. The van der Waals surface area contributed by atoms with Gasteiger partial charge in [0.2, 0.25) is 0 Å². The largest absolute Gasteiger partial charge is 0.506 e. The molecule has 0 saturated carbocycles. The molecule has 0 saturated heterocycles. The molecule has 0 aliphatic heterocycles. The molecule has 0 bridgehead atoms. The number of benzene rings is 2.